The van der Waals surface area contributed by atoms with Crippen molar-refractivity contribution in [2.75, 3.05) is 20.2 Å². The van der Waals surface area contributed by atoms with Crippen LogP contribution in [0.2, 0.25) is 0 Å². The summed E-state index contributed by atoms with van der Waals surface area (Å²) in [6.45, 7) is 4.90. The van der Waals surface area contributed by atoms with Crippen LogP contribution in [0.5, 0.6) is 0 Å². The van der Waals surface area contributed by atoms with Crippen LogP contribution in [0.1, 0.15) is 13.8 Å². The molecular formula is C10H16N2O3. The fourth-order valence-electron chi connectivity index (χ4n) is 1.40. The van der Waals surface area contributed by atoms with Crippen molar-refractivity contribution in [3.63, 3.8) is 0 Å². The molecule has 1 N–H and O–H groups in total. The molecule has 0 atom stereocenters. The fourth-order valence-corrected chi connectivity index (χ4v) is 1.40. The number of hydrogen-bond donors (Lipinski definition) is 1. The van der Waals surface area contributed by atoms with Gasteiger partial charge in [0.05, 0.1) is 7.11 Å². The van der Waals surface area contributed by atoms with E-state index in [0.29, 0.717) is 13.1 Å². The van der Waals surface area contributed by atoms with E-state index < -0.39 is 11.5 Å². The minimum absolute atomic E-state index is 0.0386. The first-order chi connectivity index (χ1) is 6.98. The molecule has 0 spiro atoms. The van der Waals surface area contributed by atoms with Crippen molar-refractivity contribution in [2.24, 2.45) is 0 Å². The first kappa shape index (κ1) is 11.6. The van der Waals surface area contributed by atoms with Crippen molar-refractivity contribution in [2.45, 2.75) is 19.4 Å². The van der Waals surface area contributed by atoms with Gasteiger partial charge in [0.15, 0.2) is 0 Å². The number of nitrogens with zero attached hydrogens (tertiary/aromatic N) is 1. The Kier molecular flexibility index (Phi) is 3.34. The van der Waals surface area contributed by atoms with Gasteiger partial charge in [-0.1, -0.05) is 0 Å². The van der Waals surface area contributed by atoms with Crippen LogP contribution in [0.3, 0.4) is 0 Å². The number of amides is 1. The van der Waals surface area contributed by atoms with E-state index in [1.165, 1.54) is 13.2 Å². The number of ether oxygens (including phenoxy) is 1. The predicted octanol–water partition coefficient (Wildman–Crippen LogP) is -0.117. The van der Waals surface area contributed by atoms with Crippen LogP contribution >= 0.6 is 0 Å². The molecule has 0 saturated carbocycles. The lowest BCUT2D eigenvalue weighted by atomic mass is 10.00. The van der Waals surface area contributed by atoms with Crippen LogP contribution < -0.4 is 5.32 Å². The van der Waals surface area contributed by atoms with E-state index in [1.54, 1.807) is 6.20 Å². The number of methoxy groups -OCH3 is 1. The zero-order valence-corrected chi connectivity index (χ0v) is 9.24. The number of esters is 1. The van der Waals surface area contributed by atoms with Crippen molar-refractivity contribution in [3.05, 3.63) is 12.3 Å². The quantitative estimate of drug-likeness (QED) is 0.512. The maximum Gasteiger partial charge on any atom is 0.331 e. The largest absolute Gasteiger partial charge is 0.466 e. The first-order valence-corrected chi connectivity index (χ1v) is 4.79. The van der Waals surface area contributed by atoms with Crippen molar-refractivity contribution in [3.8, 4) is 0 Å². The summed E-state index contributed by atoms with van der Waals surface area (Å²) in [4.78, 5) is 24.3. The normalized spacial score (nSPS) is 20.2. The van der Waals surface area contributed by atoms with Gasteiger partial charge in [0.25, 0.3) is 0 Å². The lowest BCUT2D eigenvalue weighted by Gasteiger charge is -2.40. The van der Waals surface area contributed by atoms with E-state index in [9.17, 15) is 9.59 Å². The molecule has 1 aliphatic rings. The number of carbonyl (C=O) groups is 2. The molecule has 1 aliphatic heterocycles. The van der Waals surface area contributed by atoms with Gasteiger partial charge in [-0.25, -0.2) is 4.79 Å². The summed E-state index contributed by atoms with van der Waals surface area (Å²) < 4.78 is 4.48. The van der Waals surface area contributed by atoms with Crippen molar-refractivity contribution in [1.82, 2.24) is 10.2 Å². The van der Waals surface area contributed by atoms with E-state index in [-0.39, 0.29) is 5.91 Å². The zero-order chi connectivity index (χ0) is 11.5. The molecule has 0 aromatic carbocycles. The Morgan fingerprint density at radius 2 is 2.27 bits per heavy atom. The number of hydrogen-bond acceptors (Lipinski definition) is 4. The summed E-state index contributed by atoms with van der Waals surface area (Å²) in [6.07, 6.45) is 2.92. The third-order valence-electron chi connectivity index (χ3n) is 2.50. The third kappa shape index (κ3) is 2.49. The number of carbonyl (C=O) groups excluding carboxylic acids is 2. The average molecular weight is 212 g/mol. The molecule has 1 fully saturated rings. The minimum atomic E-state index is -0.622. The van der Waals surface area contributed by atoms with Gasteiger partial charge in [-0.2, -0.15) is 0 Å². The second-order valence-electron chi connectivity index (χ2n) is 3.85. The maximum absolute atomic E-state index is 11.5. The molecule has 1 amide bonds. The lowest BCUT2D eigenvalue weighted by Crippen LogP contribution is -2.59. The SMILES string of the molecule is COC(=O)/C=C/N1CCNC(=O)C1(C)C. The van der Waals surface area contributed by atoms with Crippen molar-refractivity contribution >= 4 is 11.9 Å². The zero-order valence-electron chi connectivity index (χ0n) is 9.24. The molecule has 0 aromatic rings. The Morgan fingerprint density at radius 3 is 2.87 bits per heavy atom. The Hall–Kier alpha value is -1.52. The second-order valence-corrected chi connectivity index (χ2v) is 3.85. The number of piperazine rings is 1. The van der Waals surface area contributed by atoms with Gasteiger partial charge in [0.2, 0.25) is 5.91 Å². The topological polar surface area (TPSA) is 58.6 Å². The van der Waals surface area contributed by atoms with Gasteiger partial charge >= 0.3 is 5.97 Å². The summed E-state index contributed by atoms with van der Waals surface area (Å²) in [5.41, 5.74) is -0.622. The van der Waals surface area contributed by atoms with Crippen LogP contribution in [0.25, 0.3) is 0 Å². The molecule has 1 heterocycles. The van der Waals surface area contributed by atoms with Crippen LogP contribution in [-0.4, -0.2) is 42.5 Å². The van der Waals surface area contributed by atoms with Gasteiger partial charge in [-0.05, 0) is 13.8 Å². The Balaban J connectivity index is 2.72. The maximum atomic E-state index is 11.5. The summed E-state index contributed by atoms with van der Waals surface area (Å²) in [6, 6.07) is 0. The van der Waals surface area contributed by atoms with Crippen molar-refractivity contribution in [1.29, 1.82) is 0 Å². The summed E-state index contributed by atoms with van der Waals surface area (Å²) >= 11 is 0. The summed E-state index contributed by atoms with van der Waals surface area (Å²) in [5, 5.41) is 2.77. The Labute approximate surface area is 89.1 Å². The highest BCUT2D eigenvalue weighted by Crippen LogP contribution is 2.17. The van der Waals surface area contributed by atoms with Gasteiger partial charge in [-0.15, -0.1) is 0 Å². The highest BCUT2D eigenvalue weighted by atomic mass is 16.5. The predicted molar refractivity (Wildman–Crippen MR) is 55.0 cm³/mol. The monoisotopic (exact) mass is 212 g/mol. The molecule has 5 heteroatoms. The molecule has 1 rings (SSSR count). The van der Waals surface area contributed by atoms with Crippen molar-refractivity contribution < 1.29 is 14.3 Å². The van der Waals surface area contributed by atoms with E-state index in [1.807, 2.05) is 18.7 Å². The second kappa shape index (κ2) is 4.33. The van der Waals surface area contributed by atoms with Crippen LogP contribution in [-0.2, 0) is 14.3 Å². The molecule has 0 unspecified atom stereocenters. The molecule has 0 bridgehead atoms. The van der Waals surface area contributed by atoms with Crippen LogP contribution in [0.4, 0.5) is 0 Å². The number of nitrogens with one attached hydrogen (secondary N) is 1. The van der Waals surface area contributed by atoms with E-state index in [2.05, 4.69) is 10.1 Å². The average Bonchev–Trinajstić information content (AvgIpc) is 2.20. The highest BCUT2D eigenvalue weighted by Gasteiger charge is 2.35. The summed E-state index contributed by atoms with van der Waals surface area (Å²) in [7, 11) is 1.32. The fraction of sp³-hybridized carbons (Fsp3) is 0.600. The van der Waals surface area contributed by atoms with Crippen LogP contribution in [0, 0.1) is 0 Å². The first-order valence-electron chi connectivity index (χ1n) is 4.79. The molecule has 0 radical (unpaired) electrons. The molecule has 0 aliphatic carbocycles. The molecule has 1 saturated heterocycles. The third-order valence-corrected chi connectivity index (χ3v) is 2.50. The van der Waals surface area contributed by atoms with E-state index in [4.69, 9.17) is 0 Å². The van der Waals surface area contributed by atoms with Gasteiger partial charge < -0.3 is 15.0 Å². The minimum Gasteiger partial charge on any atom is -0.466 e. The van der Waals surface area contributed by atoms with Gasteiger partial charge in [-0.3, -0.25) is 4.79 Å². The molecular weight excluding hydrogens is 196 g/mol. The van der Waals surface area contributed by atoms with E-state index in [0.717, 1.165) is 0 Å². The number of rotatable bonds is 2. The lowest BCUT2D eigenvalue weighted by molar-refractivity contribution is -0.136. The highest BCUT2D eigenvalue weighted by molar-refractivity contribution is 5.86. The Bertz CT molecular complexity index is 297. The van der Waals surface area contributed by atoms with Crippen LogP contribution in [0.15, 0.2) is 12.3 Å². The molecule has 15 heavy (non-hydrogen) atoms. The Morgan fingerprint density at radius 1 is 1.60 bits per heavy atom. The molecule has 0 aromatic heterocycles. The molecule has 5 nitrogen and oxygen atoms in total. The summed E-state index contributed by atoms with van der Waals surface area (Å²) in [5.74, 6) is -0.458. The van der Waals surface area contributed by atoms with Gasteiger partial charge in [0.1, 0.15) is 5.54 Å². The standard InChI is InChI=1S/C10H16N2O3/c1-10(2)9(14)11-5-7-12(10)6-4-8(13)15-3/h4,6H,5,7H2,1-3H3,(H,11,14)/b6-4+. The molecule has 84 valence electrons. The van der Waals surface area contributed by atoms with Gasteiger partial charge in [0, 0.05) is 25.4 Å². The smallest absolute Gasteiger partial charge is 0.331 e. The van der Waals surface area contributed by atoms with E-state index >= 15 is 0 Å².